The number of aromatic nitrogens is 3. The molecule has 98 valence electrons. The SMILES string of the molecule is c1ccc(N=Nn2nncc2Oc2ccccc2)cc1. The van der Waals surface area contributed by atoms with Crippen LogP contribution in [0, 0.1) is 0 Å². The van der Waals surface area contributed by atoms with Crippen molar-refractivity contribution in [2.75, 3.05) is 0 Å². The molecule has 0 atom stereocenters. The molecule has 0 fully saturated rings. The average Bonchev–Trinajstić information content (AvgIpc) is 2.94. The van der Waals surface area contributed by atoms with Crippen molar-refractivity contribution in [2.45, 2.75) is 0 Å². The van der Waals surface area contributed by atoms with Crippen LogP contribution in [0.4, 0.5) is 5.69 Å². The molecule has 6 nitrogen and oxygen atoms in total. The van der Waals surface area contributed by atoms with E-state index < -0.39 is 0 Å². The Kier molecular flexibility index (Phi) is 3.46. The van der Waals surface area contributed by atoms with Crippen molar-refractivity contribution >= 4 is 5.69 Å². The lowest BCUT2D eigenvalue weighted by molar-refractivity contribution is 0.421. The Balaban J connectivity index is 1.79. The van der Waals surface area contributed by atoms with E-state index in [0.717, 1.165) is 5.69 Å². The van der Waals surface area contributed by atoms with Crippen LogP contribution in [-0.4, -0.2) is 15.1 Å². The van der Waals surface area contributed by atoms with Gasteiger partial charge in [0.15, 0.2) is 0 Å². The number of rotatable bonds is 4. The van der Waals surface area contributed by atoms with Gasteiger partial charge in [-0.05, 0) is 34.7 Å². The van der Waals surface area contributed by atoms with Gasteiger partial charge in [0.2, 0.25) is 0 Å². The maximum atomic E-state index is 5.62. The fraction of sp³-hybridized carbons (Fsp3) is 0. The van der Waals surface area contributed by atoms with Crippen molar-refractivity contribution in [3.63, 3.8) is 0 Å². The van der Waals surface area contributed by atoms with Crippen molar-refractivity contribution in [3.8, 4) is 11.6 Å². The van der Waals surface area contributed by atoms with E-state index in [1.807, 2.05) is 60.7 Å². The summed E-state index contributed by atoms with van der Waals surface area (Å²) < 4.78 is 5.62. The lowest BCUT2D eigenvalue weighted by Crippen LogP contribution is -1.94. The monoisotopic (exact) mass is 265 g/mol. The molecule has 0 saturated carbocycles. The van der Waals surface area contributed by atoms with Crippen LogP contribution in [0.25, 0.3) is 0 Å². The van der Waals surface area contributed by atoms with E-state index in [0.29, 0.717) is 11.6 Å². The standard InChI is InChI=1S/C14H11N5O/c1-3-7-12(8-4-1)16-18-19-14(11-15-17-19)20-13-9-5-2-6-10-13/h1-11H. The Morgan fingerprint density at radius 1 is 0.900 bits per heavy atom. The molecular formula is C14H11N5O. The van der Waals surface area contributed by atoms with Crippen LogP contribution in [0.3, 0.4) is 0 Å². The average molecular weight is 265 g/mol. The van der Waals surface area contributed by atoms with Crippen LogP contribution in [0.2, 0.25) is 0 Å². The summed E-state index contributed by atoms with van der Waals surface area (Å²) in [7, 11) is 0. The van der Waals surface area contributed by atoms with Gasteiger partial charge in [-0.1, -0.05) is 41.2 Å². The minimum atomic E-state index is 0.399. The number of hydrogen-bond acceptors (Lipinski definition) is 5. The quantitative estimate of drug-likeness (QED) is 0.677. The van der Waals surface area contributed by atoms with Crippen LogP contribution in [0.15, 0.2) is 77.2 Å². The van der Waals surface area contributed by atoms with E-state index in [9.17, 15) is 0 Å². The second kappa shape index (κ2) is 5.75. The van der Waals surface area contributed by atoms with Gasteiger partial charge in [0.25, 0.3) is 5.88 Å². The third-order valence-corrected chi connectivity index (χ3v) is 2.47. The minimum Gasteiger partial charge on any atom is -0.436 e. The molecule has 0 saturated heterocycles. The van der Waals surface area contributed by atoms with Crippen LogP contribution in [0.1, 0.15) is 0 Å². The summed E-state index contributed by atoms with van der Waals surface area (Å²) in [5, 5.41) is 15.6. The zero-order valence-corrected chi connectivity index (χ0v) is 10.5. The highest BCUT2D eigenvalue weighted by Crippen LogP contribution is 2.20. The molecule has 0 bridgehead atoms. The fourth-order valence-corrected chi connectivity index (χ4v) is 1.55. The summed E-state index contributed by atoms with van der Waals surface area (Å²) in [6, 6.07) is 18.7. The Morgan fingerprint density at radius 3 is 2.35 bits per heavy atom. The van der Waals surface area contributed by atoms with Gasteiger partial charge in [-0.3, -0.25) is 0 Å². The molecule has 0 N–H and O–H groups in total. The molecule has 20 heavy (non-hydrogen) atoms. The smallest absolute Gasteiger partial charge is 0.262 e. The summed E-state index contributed by atoms with van der Waals surface area (Å²) >= 11 is 0. The van der Waals surface area contributed by atoms with E-state index in [1.165, 1.54) is 11.0 Å². The predicted molar refractivity (Wildman–Crippen MR) is 72.9 cm³/mol. The Morgan fingerprint density at radius 2 is 1.60 bits per heavy atom. The van der Waals surface area contributed by atoms with Gasteiger partial charge in [0, 0.05) is 0 Å². The predicted octanol–water partition coefficient (Wildman–Crippen LogP) is 3.62. The molecule has 0 unspecified atom stereocenters. The normalized spacial score (nSPS) is 10.8. The highest BCUT2D eigenvalue weighted by Gasteiger charge is 2.05. The molecule has 0 aliphatic carbocycles. The summed E-state index contributed by atoms with van der Waals surface area (Å²) in [6.45, 7) is 0. The molecule has 3 rings (SSSR count). The molecule has 0 aliphatic rings. The first-order chi connectivity index (χ1) is 9.92. The Hall–Kier alpha value is -3.02. The number of nitrogens with zero attached hydrogens (tertiary/aromatic N) is 5. The maximum Gasteiger partial charge on any atom is 0.262 e. The molecule has 6 heteroatoms. The molecule has 0 spiro atoms. The summed E-state index contributed by atoms with van der Waals surface area (Å²) in [5.41, 5.74) is 0.730. The minimum absolute atomic E-state index is 0.399. The molecule has 3 aromatic rings. The molecule has 2 aromatic carbocycles. The number of ether oxygens (including phenoxy) is 1. The first-order valence-electron chi connectivity index (χ1n) is 6.02. The van der Waals surface area contributed by atoms with Crippen molar-refractivity contribution in [1.82, 2.24) is 15.1 Å². The molecule has 1 heterocycles. The molecule has 0 amide bonds. The van der Waals surface area contributed by atoms with Gasteiger partial charge < -0.3 is 4.74 Å². The molecule has 1 aromatic heterocycles. The zero-order chi connectivity index (χ0) is 13.6. The van der Waals surface area contributed by atoms with Crippen molar-refractivity contribution < 1.29 is 4.74 Å². The van der Waals surface area contributed by atoms with E-state index in [4.69, 9.17) is 4.74 Å². The van der Waals surface area contributed by atoms with Gasteiger partial charge in [-0.2, -0.15) is 0 Å². The Bertz CT molecular complexity index is 694. The van der Waals surface area contributed by atoms with Gasteiger partial charge in [-0.25, -0.2) is 0 Å². The summed E-state index contributed by atoms with van der Waals surface area (Å²) in [4.78, 5) is 1.24. The number of benzene rings is 2. The second-order valence-corrected chi connectivity index (χ2v) is 3.90. The van der Waals surface area contributed by atoms with Crippen LogP contribution in [-0.2, 0) is 0 Å². The molecular weight excluding hydrogens is 254 g/mol. The van der Waals surface area contributed by atoms with Crippen molar-refractivity contribution in [3.05, 3.63) is 66.9 Å². The highest BCUT2D eigenvalue weighted by atomic mass is 16.5. The maximum absolute atomic E-state index is 5.62. The molecule has 0 radical (unpaired) electrons. The van der Waals surface area contributed by atoms with E-state index in [1.54, 1.807) is 0 Å². The van der Waals surface area contributed by atoms with Gasteiger partial charge in [0.05, 0.1) is 5.69 Å². The van der Waals surface area contributed by atoms with E-state index in [-0.39, 0.29) is 0 Å². The van der Waals surface area contributed by atoms with Gasteiger partial charge in [0.1, 0.15) is 11.9 Å². The van der Waals surface area contributed by atoms with Crippen molar-refractivity contribution in [2.24, 2.45) is 10.3 Å². The van der Waals surface area contributed by atoms with Gasteiger partial charge in [-0.15, -0.1) is 10.2 Å². The van der Waals surface area contributed by atoms with E-state index >= 15 is 0 Å². The highest BCUT2D eigenvalue weighted by molar-refractivity contribution is 5.34. The lowest BCUT2D eigenvalue weighted by Gasteiger charge is -2.02. The largest absolute Gasteiger partial charge is 0.436 e. The number of hydrogen-bond donors (Lipinski definition) is 0. The van der Waals surface area contributed by atoms with Gasteiger partial charge >= 0.3 is 0 Å². The van der Waals surface area contributed by atoms with Crippen LogP contribution in [0.5, 0.6) is 11.6 Å². The summed E-state index contributed by atoms with van der Waals surface area (Å²) in [6.07, 6.45) is 1.48. The first-order valence-corrected chi connectivity index (χ1v) is 6.02. The van der Waals surface area contributed by atoms with E-state index in [2.05, 4.69) is 20.6 Å². The third kappa shape index (κ3) is 2.86. The van der Waals surface area contributed by atoms with Crippen molar-refractivity contribution in [1.29, 1.82) is 0 Å². The topological polar surface area (TPSA) is 64.7 Å². The zero-order valence-electron chi connectivity index (χ0n) is 10.5. The molecule has 0 aliphatic heterocycles. The third-order valence-electron chi connectivity index (χ3n) is 2.47. The second-order valence-electron chi connectivity index (χ2n) is 3.90. The lowest BCUT2D eigenvalue weighted by atomic mass is 10.3. The fourth-order valence-electron chi connectivity index (χ4n) is 1.55. The van der Waals surface area contributed by atoms with Crippen LogP contribution >= 0.6 is 0 Å². The van der Waals surface area contributed by atoms with Crippen LogP contribution < -0.4 is 4.74 Å². The Labute approximate surface area is 115 Å². The first kappa shape index (κ1) is 12.0. The number of para-hydroxylation sites is 1. The summed E-state index contributed by atoms with van der Waals surface area (Å²) in [5.74, 6) is 1.09.